The van der Waals surface area contributed by atoms with Gasteiger partial charge in [0.15, 0.2) is 0 Å². The number of nitrogens with zero attached hydrogens (tertiary/aromatic N) is 1. The van der Waals surface area contributed by atoms with E-state index in [-0.39, 0.29) is 16.2 Å². The van der Waals surface area contributed by atoms with Gasteiger partial charge < -0.3 is 9.88 Å². The SMILES string of the molecule is CC(C)(C)c1ccc(Nc2ccc(C(C)(C)C)cc2-c2ccc3c4cc5sc6ccccc6c5cc4n4c3c2Bc2sc3ccc(C(C)(C)C)cc3c2-4)cc1. The van der Waals surface area contributed by atoms with E-state index in [4.69, 9.17) is 0 Å². The molecule has 5 heteroatoms. The molecule has 0 bridgehead atoms. The molecule has 1 aliphatic heterocycles. The highest BCUT2D eigenvalue weighted by molar-refractivity contribution is 7.29. The Morgan fingerprint density at radius 3 is 1.93 bits per heavy atom. The maximum absolute atomic E-state index is 3.88. The van der Waals surface area contributed by atoms with Crippen molar-refractivity contribution < 1.29 is 0 Å². The quantitative estimate of drug-likeness (QED) is 0.178. The zero-order valence-electron chi connectivity index (χ0n) is 33.4. The number of fused-ring (bicyclic) bond motifs is 10. The summed E-state index contributed by atoms with van der Waals surface area (Å²) in [5.74, 6) is 0. The largest absolute Gasteiger partial charge is 0.355 e. The van der Waals surface area contributed by atoms with Gasteiger partial charge in [-0.1, -0.05) is 117 Å². The smallest absolute Gasteiger partial charge is 0.211 e. The molecule has 0 fully saturated rings. The van der Waals surface area contributed by atoms with Gasteiger partial charge in [-0.15, -0.1) is 22.7 Å². The molecule has 0 saturated heterocycles. The molecule has 0 aliphatic carbocycles. The third-order valence-corrected chi connectivity index (χ3v) is 14.2. The zero-order valence-corrected chi connectivity index (χ0v) is 35.0. The van der Waals surface area contributed by atoms with Crippen LogP contribution in [0.1, 0.15) is 79.0 Å². The van der Waals surface area contributed by atoms with Gasteiger partial charge in [-0.2, -0.15) is 0 Å². The average Bonchev–Trinajstić information content (AvgIpc) is 3.79. The monoisotopic (exact) mass is 750 g/mol. The van der Waals surface area contributed by atoms with Gasteiger partial charge in [0, 0.05) is 63.5 Å². The van der Waals surface area contributed by atoms with Crippen LogP contribution in [0.25, 0.3) is 68.9 Å². The Hall–Kier alpha value is -4.84. The average molecular weight is 751 g/mol. The first-order valence-corrected chi connectivity index (χ1v) is 21.3. The van der Waals surface area contributed by atoms with Crippen LogP contribution in [0.3, 0.4) is 0 Å². The molecule has 0 unspecified atom stereocenters. The fraction of sp³-hybridized carbons (Fsp3) is 0.240. The number of nitrogens with one attached hydrogen (secondary N) is 1. The Balaban J connectivity index is 1.27. The Bertz CT molecular complexity index is 3020. The Morgan fingerprint density at radius 2 is 1.18 bits per heavy atom. The van der Waals surface area contributed by atoms with Gasteiger partial charge >= 0.3 is 0 Å². The summed E-state index contributed by atoms with van der Waals surface area (Å²) < 4.78 is 8.16. The van der Waals surface area contributed by atoms with E-state index in [0.29, 0.717) is 0 Å². The predicted octanol–water partition coefficient (Wildman–Crippen LogP) is 13.4. The minimum atomic E-state index is 0.00972. The second kappa shape index (κ2) is 11.8. The van der Waals surface area contributed by atoms with Crippen LogP contribution in [0.4, 0.5) is 11.4 Å². The number of hydrogen-bond acceptors (Lipinski definition) is 3. The molecule has 3 aromatic heterocycles. The number of benzene rings is 6. The minimum Gasteiger partial charge on any atom is -0.355 e. The minimum absolute atomic E-state index is 0.00972. The van der Waals surface area contributed by atoms with Crippen molar-refractivity contribution in [2.24, 2.45) is 0 Å². The van der Waals surface area contributed by atoms with Crippen molar-refractivity contribution in [2.45, 2.75) is 78.6 Å². The van der Waals surface area contributed by atoms with Crippen molar-refractivity contribution in [3.63, 3.8) is 0 Å². The van der Waals surface area contributed by atoms with Crippen LogP contribution in [-0.4, -0.2) is 11.8 Å². The molecule has 0 saturated carbocycles. The lowest BCUT2D eigenvalue weighted by molar-refractivity contribution is 0.590. The molecule has 10 rings (SSSR count). The molecule has 6 aromatic carbocycles. The van der Waals surface area contributed by atoms with E-state index < -0.39 is 0 Å². The van der Waals surface area contributed by atoms with Crippen LogP contribution >= 0.6 is 22.7 Å². The molecular formula is C50H47BN2S2. The lowest BCUT2D eigenvalue weighted by Crippen LogP contribution is -2.35. The van der Waals surface area contributed by atoms with Crippen molar-refractivity contribution >= 4 is 104 Å². The molecule has 272 valence electrons. The van der Waals surface area contributed by atoms with Gasteiger partial charge in [0.1, 0.15) is 0 Å². The Morgan fingerprint density at radius 1 is 0.509 bits per heavy atom. The summed E-state index contributed by atoms with van der Waals surface area (Å²) in [7, 11) is 0.902. The van der Waals surface area contributed by atoms with E-state index in [0.717, 1.165) is 18.7 Å². The van der Waals surface area contributed by atoms with E-state index in [1.807, 2.05) is 22.7 Å². The highest BCUT2D eigenvalue weighted by atomic mass is 32.1. The molecule has 0 spiro atoms. The van der Waals surface area contributed by atoms with E-state index in [2.05, 4.69) is 181 Å². The second-order valence-electron chi connectivity index (χ2n) is 18.8. The summed E-state index contributed by atoms with van der Waals surface area (Å²) in [4.78, 5) is 0. The molecular weight excluding hydrogens is 704 g/mol. The van der Waals surface area contributed by atoms with Gasteiger partial charge in [-0.05, 0) is 103 Å². The molecule has 9 aromatic rings. The molecule has 2 nitrogen and oxygen atoms in total. The van der Waals surface area contributed by atoms with Crippen molar-refractivity contribution in [3.05, 3.63) is 126 Å². The third kappa shape index (κ3) is 5.49. The first kappa shape index (κ1) is 34.6. The van der Waals surface area contributed by atoms with E-state index in [9.17, 15) is 0 Å². The normalized spacial score (nSPS) is 13.3. The van der Waals surface area contributed by atoms with Gasteiger partial charge in [-0.25, -0.2) is 0 Å². The number of anilines is 2. The number of hydrogen-bond donors (Lipinski definition) is 1. The predicted molar refractivity (Wildman–Crippen MR) is 247 cm³/mol. The summed E-state index contributed by atoms with van der Waals surface area (Å²) in [6.45, 7) is 20.8. The maximum atomic E-state index is 3.88. The van der Waals surface area contributed by atoms with Gasteiger partial charge in [-0.3, -0.25) is 0 Å². The van der Waals surface area contributed by atoms with Gasteiger partial charge in [0.05, 0.1) is 11.2 Å². The van der Waals surface area contributed by atoms with E-state index in [1.165, 1.54) is 95.8 Å². The standard InChI is InChI=1S/C50H47BN2S2/c1-48(2,3)28-14-18-31(19-15-28)52-39-22-16-29(49(4,5)6)24-35(39)33-20-21-34-36-27-43-37(32-12-10-11-13-41(32)54-43)26-40(36)53-45(34)44(33)51-47-46(53)38-25-30(50(7,8)9)17-23-42(38)55-47/h10-27,51-52H,1-9H3. The highest BCUT2D eigenvalue weighted by Crippen LogP contribution is 2.45. The molecule has 0 amide bonds. The fourth-order valence-electron chi connectivity index (χ4n) is 8.73. The lowest BCUT2D eigenvalue weighted by Gasteiger charge is -2.25. The fourth-order valence-corrected chi connectivity index (χ4v) is 11.0. The first-order valence-electron chi connectivity index (χ1n) is 19.6. The molecule has 0 radical (unpaired) electrons. The molecule has 0 atom stereocenters. The first-order chi connectivity index (χ1) is 26.1. The van der Waals surface area contributed by atoms with Crippen LogP contribution in [-0.2, 0) is 16.2 Å². The van der Waals surface area contributed by atoms with E-state index in [1.54, 1.807) is 0 Å². The van der Waals surface area contributed by atoms with Crippen LogP contribution in [0, 0.1) is 0 Å². The zero-order chi connectivity index (χ0) is 38.2. The van der Waals surface area contributed by atoms with Crippen LogP contribution < -0.4 is 15.6 Å². The number of thiophene rings is 2. The van der Waals surface area contributed by atoms with Crippen LogP contribution in [0.5, 0.6) is 0 Å². The molecule has 55 heavy (non-hydrogen) atoms. The van der Waals surface area contributed by atoms with Gasteiger partial charge in [0.25, 0.3) is 0 Å². The Kier molecular flexibility index (Phi) is 7.45. The lowest BCUT2D eigenvalue weighted by atomic mass is 9.63. The Labute approximate surface area is 333 Å². The van der Waals surface area contributed by atoms with Crippen molar-refractivity contribution in [3.8, 4) is 16.8 Å². The summed E-state index contributed by atoms with van der Waals surface area (Å²) in [6.07, 6.45) is 0. The van der Waals surface area contributed by atoms with Crippen LogP contribution in [0.15, 0.2) is 109 Å². The third-order valence-electron chi connectivity index (χ3n) is 11.9. The number of aromatic nitrogens is 1. The van der Waals surface area contributed by atoms with Crippen LogP contribution in [0.2, 0.25) is 0 Å². The summed E-state index contributed by atoms with van der Waals surface area (Å²) in [5.41, 5.74) is 14.5. The molecule has 1 aliphatic rings. The van der Waals surface area contributed by atoms with Gasteiger partial charge in [0.2, 0.25) is 7.28 Å². The van der Waals surface area contributed by atoms with E-state index >= 15 is 0 Å². The topological polar surface area (TPSA) is 17.0 Å². The van der Waals surface area contributed by atoms with Crippen molar-refractivity contribution in [1.82, 2.24) is 4.57 Å². The van der Waals surface area contributed by atoms with Crippen molar-refractivity contribution in [1.29, 1.82) is 0 Å². The highest BCUT2D eigenvalue weighted by Gasteiger charge is 2.31. The second-order valence-corrected chi connectivity index (χ2v) is 21.0. The van der Waals surface area contributed by atoms with Crippen molar-refractivity contribution in [2.75, 3.05) is 5.32 Å². The summed E-state index contributed by atoms with van der Waals surface area (Å²) >= 11 is 3.88. The number of rotatable bonds is 3. The maximum Gasteiger partial charge on any atom is 0.211 e. The summed E-state index contributed by atoms with van der Waals surface area (Å²) in [5, 5.41) is 10.6. The molecule has 4 heterocycles. The molecule has 1 N–H and O–H groups in total. The summed E-state index contributed by atoms with van der Waals surface area (Å²) in [6, 6.07) is 42.0.